The van der Waals surface area contributed by atoms with Gasteiger partial charge >= 0.3 is 6.18 Å². The van der Waals surface area contributed by atoms with Gasteiger partial charge in [0.2, 0.25) is 0 Å². The van der Waals surface area contributed by atoms with E-state index < -0.39 is 18.8 Å². The zero-order valence-corrected chi connectivity index (χ0v) is 16.5. The molecule has 1 aromatic carbocycles. The molecular weight excluding hydrogens is 387 g/mol. The monoisotopic (exact) mass is 409 g/mol. The number of ether oxygens (including phenoxy) is 1. The molecule has 156 valence electrons. The minimum Gasteiger partial charge on any atom is -0.484 e. The second-order valence-electron chi connectivity index (χ2n) is 6.70. The topological polar surface area (TPSA) is 71.5 Å². The van der Waals surface area contributed by atoms with Gasteiger partial charge in [-0.05, 0) is 43.7 Å². The summed E-state index contributed by atoms with van der Waals surface area (Å²) in [7, 11) is 3.22. The molecule has 9 heteroatoms. The third kappa shape index (κ3) is 6.20. The Kier molecular flexibility index (Phi) is 6.84. The van der Waals surface area contributed by atoms with E-state index in [-0.39, 0.29) is 23.3 Å². The zero-order chi connectivity index (χ0) is 21.8. The average Bonchev–Trinajstić information content (AvgIpc) is 2.65. The lowest BCUT2D eigenvalue weighted by Crippen LogP contribution is -2.28. The number of amides is 2. The number of halogens is 3. The Morgan fingerprint density at radius 3 is 2.28 bits per heavy atom. The van der Waals surface area contributed by atoms with Crippen LogP contribution in [-0.4, -0.2) is 48.6 Å². The molecule has 2 amide bonds. The number of carbonyl (C=O) groups excluding carboxylic acids is 2. The minimum absolute atomic E-state index is 0.0887. The summed E-state index contributed by atoms with van der Waals surface area (Å²) in [5.74, 6) is -0.546. The molecule has 0 spiro atoms. The van der Waals surface area contributed by atoms with Crippen LogP contribution >= 0.6 is 0 Å². The van der Waals surface area contributed by atoms with Crippen LogP contribution < -0.4 is 10.1 Å². The Labute approximate surface area is 166 Å². The van der Waals surface area contributed by atoms with E-state index >= 15 is 0 Å². The summed E-state index contributed by atoms with van der Waals surface area (Å²) in [6, 6.07) is 8.62. The van der Waals surface area contributed by atoms with Crippen molar-refractivity contribution in [3.63, 3.8) is 0 Å². The van der Waals surface area contributed by atoms with Crippen LogP contribution in [0.5, 0.6) is 5.75 Å². The summed E-state index contributed by atoms with van der Waals surface area (Å²) in [5, 5.41) is 2.81. The Morgan fingerprint density at radius 1 is 1.14 bits per heavy atom. The minimum atomic E-state index is -4.40. The van der Waals surface area contributed by atoms with Crippen LogP contribution in [0.25, 0.3) is 0 Å². The van der Waals surface area contributed by atoms with Gasteiger partial charge in [0.25, 0.3) is 11.8 Å². The molecule has 0 saturated heterocycles. The normalized spacial score (nSPS) is 12.2. The molecule has 0 aliphatic heterocycles. The second-order valence-corrected chi connectivity index (χ2v) is 6.70. The molecule has 0 fully saturated rings. The predicted octanol–water partition coefficient (Wildman–Crippen LogP) is 3.52. The standard InChI is InChI=1S/C20H22F3N3O3/c1-12(14-5-7-15(8-6-14)29-11-20(21,22)23)25-18(27)16-9-10-17(24-13(16)2)19(28)26(3)4/h5-10,12H,11H2,1-4H3,(H,25,27). The number of aromatic nitrogens is 1. The van der Waals surface area contributed by atoms with Crippen LogP contribution in [-0.2, 0) is 0 Å². The Morgan fingerprint density at radius 2 is 1.76 bits per heavy atom. The molecule has 2 aromatic rings. The summed E-state index contributed by atoms with van der Waals surface area (Å²) in [4.78, 5) is 30.1. The number of rotatable bonds is 6. The third-order valence-corrected chi connectivity index (χ3v) is 4.09. The maximum absolute atomic E-state index is 12.5. The highest BCUT2D eigenvalue weighted by molar-refractivity contribution is 5.97. The SMILES string of the molecule is Cc1nc(C(=O)N(C)C)ccc1C(=O)NC(C)c1ccc(OCC(F)(F)F)cc1. The van der Waals surface area contributed by atoms with Gasteiger partial charge < -0.3 is 15.0 Å². The van der Waals surface area contributed by atoms with Crippen molar-refractivity contribution < 1.29 is 27.5 Å². The number of alkyl halides is 3. The van der Waals surface area contributed by atoms with Crippen LogP contribution in [0.4, 0.5) is 13.2 Å². The fourth-order valence-electron chi connectivity index (χ4n) is 2.52. The van der Waals surface area contributed by atoms with Crippen molar-refractivity contribution >= 4 is 11.8 Å². The van der Waals surface area contributed by atoms with Crippen molar-refractivity contribution in [3.8, 4) is 5.75 Å². The highest BCUT2D eigenvalue weighted by Crippen LogP contribution is 2.21. The number of benzene rings is 1. The van der Waals surface area contributed by atoms with E-state index in [4.69, 9.17) is 0 Å². The van der Waals surface area contributed by atoms with Gasteiger partial charge in [0, 0.05) is 14.1 Å². The Hall–Kier alpha value is -3.10. The van der Waals surface area contributed by atoms with Gasteiger partial charge in [0.1, 0.15) is 11.4 Å². The second kappa shape index (κ2) is 8.93. The molecule has 0 aliphatic rings. The van der Waals surface area contributed by atoms with Crippen LogP contribution in [0.2, 0.25) is 0 Å². The molecule has 1 unspecified atom stereocenters. The smallest absolute Gasteiger partial charge is 0.422 e. The van der Waals surface area contributed by atoms with E-state index in [1.807, 2.05) is 0 Å². The van der Waals surface area contributed by atoms with Crippen molar-refractivity contribution in [1.29, 1.82) is 0 Å². The number of nitrogens with zero attached hydrogens (tertiary/aromatic N) is 2. The molecule has 2 rings (SSSR count). The van der Waals surface area contributed by atoms with Crippen LogP contribution in [0.1, 0.15) is 45.1 Å². The quantitative estimate of drug-likeness (QED) is 0.793. The maximum Gasteiger partial charge on any atom is 0.422 e. The van der Waals surface area contributed by atoms with Crippen molar-refractivity contribution in [2.75, 3.05) is 20.7 Å². The number of pyridine rings is 1. The van der Waals surface area contributed by atoms with Crippen LogP contribution in [0.3, 0.4) is 0 Å². The van der Waals surface area contributed by atoms with Gasteiger partial charge in [-0.2, -0.15) is 13.2 Å². The summed E-state index contributed by atoms with van der Waals surface area (Å²) in [5.41, 5.74) is 1.69. The van der Waals surface area contributed by atoms with Gasteiger partial charge in [0.05, 0.1) is 17.3 Å². The summed E-state index contributed by atoms with van der Waals surface area (Å²) >= 11 is 0. The molecule has 0 aliphatic carbocycles. The Bertz CT molecular complexity index is 881. The molecule has 1 atom stereocenters. The van der Waals surface area contributed by atoms with Crippen LogP contribution in [0, 0.1) is 6.92 Å². The van der Waals surface area contributed by atoms with Gasteiger partial charge in [-0.3, -0.25) is 9.59 Å². The number of nitrogens with one attached hydrogen (secondary N) is 1. The number of aryl methyl sites for hydroxylation is 1. The highest BCUT2D eigenvalue weighted by atomic mass is 19.4. The largest absolute Gasteiger partial charge is 0.484 e. The van der Waals surface area contributed by atoms with Gasteiger partial charge in [-0.1, -0.05) is 12.1 Å². The zero-order valence-electron chi connectivity index (χ0n) is 16.5. The first-order valence-electron chi connectivity index (χ1n) is 8.77. The van der Waals surface area contributed by atoms with E-state index in [9.17, 15) is 22.8 Å². The van der Waals surface area contributed by atoms with Gasteiger partial charge in [-0.15, -0.1) is 0 Å². The first kappa shape index (κ1) is 22.2. The van der Waals surface area contributed by atoms with E-state index in [1.54, 1.807) is 40.1 Å². The number of hydrogen-bond acceptors (Lipinski definition) is 4. The summed E-state index contributed by atoms with van der Waals surface area (Å²) in [6.07, 6.45) is -4.40. The summed E-state index contributed by atoms with van der Waals surface area (Å²) < 4.78 is 41.3. The molecule has 0 bridgehead atoms. The fraction of sp³-hybridized carbons (Fsp3) is 0.350. The molecular formula is C20H22F3N3O3. The van der Waals surface area contributed by atoms with Crippen LogP contribution in [0.15, 0.2) is 36.4 Å². The molecule has 0 radical (unpaired) electrons. The predicted molar refractivity (Wildman–Crippen MR) is 101 cm³/mol. The van der Waals surface area contributed by atoms with Crippen molar-refractivity contribution in [2.45, 2.75) is 26.1 Å². The average molecular weight is 409 g/mol. The van der Waals surface area contributed by atoms with E-state index in [1.165, 1.54) is 29.2 Å². The first-order chi connectivity index (χ1) is 13.5. The van der Waals surface area contributed by atoms with E-state index in [0.29, 0.717) is 16.8 Å². The van der Waals surface area contributed by atoms with Crippen molar-refractivity contribution in [2.24, 2.45) is 0 Å². The maximum atomic E-state index is 12.5. The number of hydrogen-bond donors (Lipinski definition) is 1. The first-order valence-corrected chi connectivity index (χ1v) is 8.77. The summed E-state index contributed by atoms with van der Waals surface area (Å²) in [6.45, 7) is 2.02. The lowest BCUT2D eigenvalue weighted by Gasteiger charge is -2.16. The lowest BCUT2D eigenvalue weighted by atomic mass is 10.1. The molecule has 0 saturated carbocycles. The molecule has 1 aromatic heterocycles. The molecule has 1 N–H and O–H groups in total. The van der Waals surface area contributed by atoms with Crippen molar-refractivity contribution in [1.82, 2.24) is 15.2 Å². The fourth-order valence-corrected chi connectivity index (χ4v) is 2.52. The lowest BCUT2D eigenvalue weighted by molar-refractivity contribution is -0.153. The van der Waals surface area contributed by atoms with Gasteiger partial charge in [0.15, 0.2) is 6.61 Å². The Balaban J connectivity index is 2.04. The van der Waals surface area contributed by atoms with Crippen molar-refractivity contribution in [3.05, 3.63) is 58.9 Å². The third-order valence-electron chi connectivity index (χ3n) is 4.09. The molecule has 1 heterocycles. The highest BCUT2D eigenvalue weighted by Gasteiger charge is 2.28. The van der Waals surface area contributed by atoms with E-state index in [2.05, 4.69) is 15.0 Å². The van der Waals surface area contributed by atoms with Gasteiger partial charge in [-0.25, -0.2) is 4.98 Å². The number of carbonyl (C=O) groups is 2. The van der Waals surface area contributed by atoms with E-state index in [0.717, 1.165) is 0 Å². The molecule has 29 heavy (non-hydrogen) atoms. The molecule has 6 nitrogen and oxygen atoms in total.